The van der Waals surface area contributed by atoms with Gasteiger partial charge in [-0.05, 0) is 12.1 Å². The molecule has 2 N–H and O–H groups in total. The molecule has 0 amide bonds. The molecule has 5 nitrogen and oxygen atoms in total. The second kappa shape index (κ2) is 3.03. The average molecular weight is 213 g/mol. The van der Waals surface area contributed by atoms with Gasteiger partial charge in [-0.25, -0.2) is 14.8 Å². The van der Waals surface area contributed by atoms with Crippen molar-refractivity contribution in [3.05, 3.63) is 36.3 Å². The minimum absolute atomic E-state index is 0.263. The molecule has 0 bridgehead atoms. The minimum atomic E-state index is -0.949. The molecule has 0 saturated heterocycles. The summed E-state index contributed by atoms with van der Waals surface area (Å²) in [6.07, 6.45) is 3.05. The van der Waals surface area contributed by atoms with Gasteiger partial charge in [0.25, 0.3) is 0 Å². The number of nitrogens with one attached hydrogen (secondary N) is 1. The number of aromatic carboxylic acids is 1. The van der Waals surface area contributed by atoms with Crippen LogP contribution in [0.5, 0.6) is 0 Å². The number of aromatic nitrogens is 3. The van der Waals surface area contributed by atoms with Gasteiger partial charge in [-0.15, -0.1) is 0 Å². The Balaban J connectivity index is 2.57. The number of fused-ring (bicyclic) bond motifs is 3. The fourth-order valence-corrected chi connectivity index (χ4v) is 1.86. The number of aromatic amines is 1. The lowest BCUT2D eigenvalue weighted by atomic mass is 10.1. The van der Waals surface area contributed by atoms with E-state index in [2.05, 4.69) is 15.0 Å². The van der Waals surface area contributed by atoms with E-state index >= 15 is 0 Å². The summed E-state index contributed by atoms with van der Waals surface area (Å²) in [5, 5.41) is 10.5. The maximum Gasteiger partial charge on any atom is 0.336 e. The maximum absolute atomic E-state index is 11.1. The van der Waals surface area contributed by atoms with E-state index in [-0.39, 0.29) is 5.56 Å². The molecule has 0 spiro atoms. The van der Waals surface area contributed by atoms with E-state index in [1.807, 2.05) is 6.07 Å². The Bertz CT molecular complexity index is 703. The first-order valence-corrected chi connectivity index (χ1v) is 4.71. The zero-order chi connectivity index (χ0) is 11.1. The third-order valence-corrected chi connectivity index (χ3v) is 2.53. The van der Waals surface area contributed by atoms with Crippen LogP contribution in [0.4, 0.5) is 0 Å². The molecular formula is C11H7N3O2. The third-order valence-electron chi connectivity index (χ3n) is 2.53. The summed E-state index contributed by atoms with van der Waals surface area (Å²) in [7, 11) is 0. The van der Waals surface area contributed by atoms with Gasteiger partial charge in [0.2, 0.25) is 0 Å². The van der Waals surface area contributed by atoms with E-state index in [1.165, 1.54) is 6.33 Å². The predicted octanol–water partition coefficient (Wildman–Crippen LogP) is 1.81. The normalized spacial score (nSPS) is 11.0. The van der Waals surface area contributed by atoms with Crippen molar-refractivity contribution in [3.63, 3.8) is 0 Å². The van der Waals surface area contributed by atoms with Crippen LogP contribution >= 0.6 is 0 Å². The molecule has 0 aliphatic carbocycles. The van der Waals surface area contributed by atoms with Crippen molar-refractivity contribution < 1.29 is 9.90 Å². The van der Waals surface area contributed by atoms with Crippen LogP contribution in [0, 0.1) is 0 Å². The highest BCUT2D eigenvalue weighted by Crippen LogP contribution is 2.26. The van der Waals surface area contributed by atoms with Crippen LogP contribution in [0.3, 0.4) is 0 Å². The van der Waals surface area contributed by atoms with Gasteiger partial charge in [-0.2, -0.15) is 0 Å². The molecule has 0 fully saturated rings. The van der Waals surface area contributed by atoms with Gasteiger partial charge in [0, 0.05) is 22.5 Å². The van der Waals surface area contributed by atoms with Crippen LogP contribution in [0.1, 0.15) is 10.4 Å². The number of carbonyl (C=O) groups is 1. The van der Waals surface area contributed by atoms with E-state index in [9.17, 15) is 4.79 Å². The van der Waals surface area contributed by atoms with E-state index in [0.29, 0.717) is 11.0 Å². The van der Waals surface area contributed by atoms with Crippen LogP contribution in [0.25, 0.3) is 21.9 Å². The summed E-state index contributed by atoms with van der Waals surface area (Å²) in [6, 6.07) is 5.10. The Morgan fingerprint density at radius 1 is 1.38 bits per heavy atom. The van der Waals surface area contributed by atoms with Crippen molar-refractivity contribution in [2.45, 2.75) is 0 Å². The number of carboxylic acids is 1. The lowest BCUT2D eigenvalue weighted by Crippen LogP contribution is -1.96. The molecule has 3 aromatic rings. The quantitative estimate of drug-likeness (QED) is 0.646. The predicted molar refractivity (Wildman–Crippen MR) is 58.4 cm³/mol. The van der Waals surface area contributed by atoms with E-state index in [4.69, 9.17) is 5.11 Å². The Hall–Kier alpha value is -2.43. The van der Waals surface area contributed by atoms with Gasteiger partial charge in [0.15, 0.2) is 0 Å². The van der Waals surface area contributed by atoms with Crippen LogP contribution in [0.15, 0.2) is 30.7 Å². The molecule has 0 radical (unpaired) electrons. The second-order valence-electron chi connectivity index (χ2n) is 3.44. The average Bonchev–Trinajstić information content (AvgIpc) is 2.66. The largest absolute Gasteiger partial charge is 0.478 e. The number of hydrogen-bond donors (Lipinski definition) is 2. The first kappa shape index (κ1) is 8.84. The monoisotopic (exact) mass is 213 g/mol. The first-order chi connectivity index (χ1) is 7.77. The second-order valence-corrected chi connectivity index (χ2v) is 3.44. The molecule has 5 heteroatoms. The number of carboxylic acid groups (broad SMARTS) is 1. The first-order valence-electron chi connectivity index (χ1n) is 4.71. The van der Waals surface area contributed by atoms with Crippen molar-refractivity contribution in [1.29, 1.82) is 0 Å². The van der Waals surface area contributed by atoms with Gasteiger partial charge >= 0.3 is 5.97 Å². The fourth-order valence-electron chi connectivity index (χ4n) is 1.86. The molecule has 0 aliphatic heterocycles. The summed E-state index contributed by atoms with van der Waals surface area (Å²) in [5.41, 5.74) is 1.67. The van der Waals surface area contributed by atoms with Crippen molar-refractivity contribution in [2.75, 3.05) is 0 Å². The van der Waals surface area contributed by atoms with Gasteiger partial charge in [0.05, 0.1) is 5.56 Å². The number of benzene rings is 1. The number of hydrogen-bond acceptors (Lipinski definition) is 3. The van der Waals surface area contributed by atoms with Gasteiger partial charge in [0.1, 0.15) is 12.0 Å². The van der Waals surface area contributed by atoms with Crippen LogP contribution in [-0.2, 0) is 0 Å². The highest BCUT2D eigenvalue weighted by atomic mass is 16.4. The molecule has 0 atom stereocenters. The topological polar surface area (TPSA) is 78.9 Å². The zero-order valence-corrected chi connectivity index (χ0v) is 8.14. The highest BCUT2D eigenvalue weighted by Gasteiger charge is 2.13. The number of H-pyrrole nitrogens is 1. The van der Waals surface area contributed by atoms with Crippen LogP contribution in [0.2, 0.25) is 0 Å². The van der Waals surface area contributed by atoms with E-state index in [0.717, 1.165) is 10.9 Å². The molecule has 0 saturated carbocycles. The van der Waals surface area contributed by atoms with Crippen molar-refractivity contribution in [1.82, 2.24) is 15.0 Å². The minimum Gasteiger partial charge on any atom is -0.478 e. The molecule has 2 aromatic heterocycles. The summed E-state index contributed by atoms with van der Waals surface area (Å²) in [6.45, 7) is 0. The zero-order valence-electron chi connectivity index (χ0n) is 8.14. The van der Waals surface area contributed by atoms with Crippen LogP contribution < -0.4 is 0 Å². The van der Waals surface area contributed by atoms with Crippen LogP contribution in [-0.4, -0.2) is 26.0 Å². The van der Waals surface area contributed by atoms with Crippen molar-refractivity contribution in [3.8, 4) is 0 Å². The SMILES string of the molecule is O=C(O)c1cccc2[nH]c3ncncc3c12. The standard InChI is InChI=1S/C11H7N3O2/c15-11(16)6-2-1-3-8-9(6)7-4-12-5-13-10(7)14-8/h1-5H,(H,15,16)(H,12,13,14). The molecule has 1 aromatic carbocycles. The van der Waals surface area contributed by atoms with E-state index < -0.39 is 5.97 Å². The lowest BCUT2D eigenvalue weighted by Gasteiger charge is -1.96. The van der Waals surface area contributed by atoms with Gasteiger partial charge in [-0.3, -0.25) is 0 Å². The number of rotatable bonds is 1. The Kier molecular flexibility index (Phi) is 1.67. The summed E-state index contributed by atoms with van der Waals surface area (Å²) in [5.74, 6) is -0.949. The fraction of sp³-hybridized carbons (Fsp3) is 0. The summed E-state index contributed by atoms with van der Waals surface area (Å²) >= 11 is 0. The van der Waals surface area contributed by atoms with Gasteiger partial charge in [-0.1, -0.05) is 6.07 Å². The molecule has 0 unspecified atom stereocenters. The molecule has 78 valence electrons. The summed E-state index contributed by atoms with van der Waals surface area (Å²) in [4.78, 5) is 22.1. The third kappa shape index (κ3) is 1.08. The maximum atomic E-state index is 11.1. The highest BCUT2D eigenvalue weighted by molar-refractivity contribution is 6.15. The van der Waals surface area contributed by atoms with E-state index in [1.54, 1.807) is 18.3 Å². The Morgan fingerprint density at radius 3 is 3.06 bits per heavy atom. The van der Waals surface area contributed by atoms with Crippen molar-refractivity contribution >= 4 is 27.9 Å². The van der Waals surface area contributed by atoms with Crippen molar-refractivity contribution in [2.24, 2.45) is 0 Å². The molecule has 2 heterocycles. The molecule has 16 heavy (non-hydrogen) atoms. The molecule has 0 aliphatic rings. The molecule has 3 rings (SSSR count). The van der Waals surface area contributed by atoms with Gasteiger partial charge < -0.3 is 10.1 Å². The Labute approximate surface area is 89.8 Å². The summed E-state index contributed by atoms with van der Waals surface area (Å²) < 4.78 is 0. The Morgan fingerprint density at radius 2 is 2.25 bits per heavy atom. The lowest BCUT2D eigenvalue weighted by molar-refractivity contribution is 0.0699. The molecular weight excluding hydrogens is 206 g/mol. The smallest absolute Gasteiger partial charge is 0.336 e. The number of nitrogens with zero attached hydrogens (tertiary/aromatic N) is 2.